The molecule has 1 unspecified atom stereocenters. The van der Waals surface area contributed by atoms with Gasteiger partial charge in [-0.15, -0.1) is 0 Å². The first-order valence-corrected chi connectivity index (χ1v) is 14.6. The van der Waals surface area contributed by atoms with Crippen LogP contribution in [-0.4, -0.2) is 45.1 Å². The van der Waals surface area contributed by atoms with Gasteiger partial charge < -0.3 is 14.9 Å². The van der Waals surface area contributed by atoms with Crippen molar-refractivity contribution >= 4 is 11.9 Å². The Bertz CT molecular complexity index is 1330. The van der Waals surface area contributed by atoms with E-state index in [9.17, 15) is 14.7 Å². The molecule has 7 heteroatoms. The standard InChI is InChI=1S/C34H42N2O5/c1-34(2,3)26-16-14-24(15-17-26)23-41-31-12-5-4-9-25(31)20-22-36(21-7-6-13-32(37)38)30-11-8-10-28-27(30)18-19-29(35-28)33(39)40/h4-5,9,12,14-19,30H,6-8,10-11,13,20-23H2,1-3H3,(H,37,38)(H,39,40). The highest BCUT2D eigenvalue weighted by Crippen LogP contribution is 2.34. The summed E-state index contributed by atoms with van der Waals surface area (Å²) in [5, 5.41) is 18.5. The van der Waals surface area contributed by atoms with Crippen LogP contribution in [0.3, 0.4) is 0 Å². The first-order chi connectivity index (χ1) is 19.6. The molecule has 1 aliphatic rings. The number of benzene rings is 2. The Kier molecular flexibility index (Phi) is 10.2. The molecule has 0 saturated heterocycles. The SMILES string of the molecule is CC(C)(C)c1ccc(COc2ccccc2CCN(CCCCC(=O)O)C2CCCc3nc(C(=O)O)ccc32)cc1. The van der Waals surface area contributed by atoms with Gasteiger partial charge in [0.05, 0.1) is 0 Å². The average molecular weight is 559 g/mol. The number of para-hydroxylation sites is 1. The number of pyridine rings is 1. The summed E-state index contributed by atoms with van der Waals surface area (Å²) in [4.78, 5) is 29.4. The van der Waals surface area contributed by atoms with Crippen LogP contribution < -0.4 is 4.74 Å². The van der Waals surface area contributed by atoms with E-state index in [0.717, 1.165) is 73.3 Å². The number of nitrogens with zero attached hydrogens (tertiary/aromatic N) is 2. The van der Waals surface area contributed by atoms with Crippen molar-refractivity contribution in [2.24, 2.45) is 0 Å². The smallest absolute Gasteiger partial charge is 0.354 e. The third-order valence-electron chi connectivity index (χ3n) is 7.86. The summed E-state index contributed by atoms with van der Waals surface area (Å²) in [6, 6.07) is 20.4. The van der Waals surface area contributed by atoms with Crippen molar-refractivity contribution in [1.29, 1.82) is 0 Å². The summed E-state index contributed by atoms with van der Waals surface area (Å²) < 4.78 is 6.29. The van der Waals surface area contributed by atoms with E-state index < -0.39 is 11.9 Å². The maximum atomic E-state index is 11.5. The summed E-state index contributed by atoms with van der Waals surface area (Å²) >= 11 is 0. The van der Waals surface area contributed by atoms with Gasteiger partial charge in [0.25, 0.3) is 0 Å². The average Bonchev–Trinajstić information content (AvgIpc) is 2.95. The minimum atomic E-state index is -1.01. The van der Waals surface area contributed by atoms with E-state index in [4.69, 9.17) is 9.84 Å². The van der Waals surface area contributed by atoms with Gasteiger partial charge in [-0.05, 0) is 84.9 Å². The van der Waals surface area contributed by atoms with E-state index in [1.54, 1.807) is 6.07 Å². The van der Waals surface area contributed by atoms with Crippen molar-refractivity contribution in [2.75, 3.05) is 13.1 Å². The van der Waals surface area contributed by atoms with Crippen molar-refractivity contribution in [2.45, 2.75) is 83.8 Å². The zero-order valence-electron chi connectivity index (χ0n) is 24.4. The topological polar surface area (TPSA) is 100.0 Å². The van der Waals surface area contributed by atoms with Crippen molar-refractivity contribution in [1.82, 2.24) is 9.88 Å². The molecule has 2 aromatic carbocycles. The third-order valence-corrected chi connectivity index (χ3v) is 7.86. The van der Waals surface area contributed by atoms with Crippen LogP contribution in [0.25, 0.3) is 0 Å². The first-order valence-electron chi connectivity index (χ1n) is 14.6. The van der Waals surface area contributed by atoms with Crippen LogP contribution in [0.2, 0.25) is 0 Å². The van der Waals surface area contributed by atoms with Crippen LogP contribution in [-0.2, 0) is 29.7 Å². The Balaban J connectivity index is 1.47. The van der Waals surface area contributed by atoms with Crippen LogP contribution in [0, 0.1) is 0 Å². The molecule has 1 aromatic heterocycles. The fourth-order valence-corrected chi connectivity index (χ4v) is 5.52. The number of hydrogen-bond donors (Lipinski definition) is 2. The van der Waals surface area contributed by atoms with Gasteiger partial charge in [-0.25, -0.2) is 9.78 Å². The zero-order valence-corrected chi connectivity index (χ0v) is 24.4. The van der Waals surface area contributed by atoms with Crippen molar-refractivity contribution in [3.8, 4) is 5.75 Å². The molecule has 1 atom stereocenters. The number of rotatable bonds is 13. The summed E-state index contributed by atoms with van der Waals surface area (Å²) in [7, 11) is 0. The molecular weight excluding hydrogens is 516 g/mol. The number of carbonyl (C=O) groups is 2. The second-order valence-corrected chi connectivity index (χ2v) is 11.9. The molecule has 0 spiro atoms. The monoisotopic (exact) mass is 558 g/mol. The molecule has 0 aliphatic heterocycles. The second-order valence-electron chi connectivity index (χ2n) is 11.9. The largest absolute Gasteiger partial charge is 0.489 e. The minimum Gasteiger partial charge on any atom is -0.489 e. The van der Waals surface area contributed by atoms with Gasteiger partial charge >= 0.3 is 11.9 Å². The number of carboxylic acids is 2. The number of hydrogen-bond acceptors (Lipinski definition) is 5. The van der Waals surface area contributed by atoms with Gasteiger partial charge in [0.1, 0.15) is 18.1 Å². The number of carboxylic acid groups (broad SMARTS) is 2. The van der Waals surface area contributed by atoms with E-state index in [1.165, 1.54) is 5.56 Å². The Morgan fingerprint density at radius 1 is 0.976 bits per heavy atom. The van der Waals surface area contributed by atoms with E-state index in [1.807, 2.05) is 24.3 Å². The van der Waals surface area contributed by atoms with Crippen molar-refractivity contribution < 1.29 is 24.5 Å². The molecule has 4 rings (SSSR count). The van der Waals surface area contributed by atoms with Crippen LogP contribution >= 0.6 is 0 Å². The number of aliphatic carboxylic acids is 1. The first kappa shape index (κ1) is 30.3. The maximum Gasteiger partial charge on any atom is 0.354 e. The van der Waals surface area contributed by atoms with Gasteiger partial charge in [0.15, 0.2) is 0 Å². The number of aromatic carboxylic acids is 1. The molecule has 3 aromatic rings. The summed E-state index contributed by atoms with van der Waals surface area (Å²) in [5.74, 6) is -0.915. The molecule has 0 fully saturated rings. The van der Waals surface area contributed by atoms with Crippen LogP contribution in [0.1, 0.15) is 97.4 Å². The lowest BCUT2D eigenvalue weighted by Gasteiger charge is -2.36. The lowest BCUT2D eigenvalue weighted by Crippen LogP contribution is -2.34. The van der Waals surface area contributed by atoms with Gasteiger partial charge in [-0.3, -0.25) is 9.69 Å². The number of aryl methyl sites for hydroxylation is 1. The molecule has 0 radical (unpaired) electrons. The predicted molar refractivity (Wildman–Crippen MR) is 160 cm³/mol. The van der Waals surface area contributed by atoms with Gasteiger partial charge in [-0.2, -0.15) is 0 Å². The summed E-state index contributed by atoms with van der Waals surface area (Å²) in [6.45, 7) is 8.66. The Morgan fingerprint density at radius 3 is 2.44 bits per heavy atom. The number of fused-ring (bicyclic) bond motifs is 1. The number of unbranched alkanes of at least 4 members (excludes halogenated alkanes) is 1. The summed E-state index contributed by atoms with van der Waals surface area (Å²) in [5.41, 5.74) is 5.68. The minimum absolute atomic E-state index is 0.0801. The highest BCUT2D eigenvalue weighted by atomic mass is 16.5. The zero-order chi connectivity index (χ0) is 29.4. The highest BCUT2D eigenvalue weighted by Gasteiger charge is 2.27. The quantitative estimate of drug-likeness (QED) is 0.222. The third kappa shape index (κ3) is 8.40. The van der Waals surface area contributed by atoms with Gasteiger partial charge in [0.2, 0.25) is 0 Å². The molecule has 41 heavy (non-hydrogen) atoms. The lowest BCUT2D eigenvalue weighted by atomic mass is 9.87. The predicted octanol–water partition coefficient (Wildman–Crippen LogP) is 6.83. The van der Waals surface area contributed by atoms with Crippen LogP contribution in [0.4, 0.5) is 0 Å². The van der Waals surface area contributed by atoms with E-state index >= 15 is 0 Å². The molecule has 1 aliphatic carbocycles. The molecule has 2 N–H and O–H groups in total. The van der Waals surface area contributed by atoms with Crippen LogP contribution in [0.5, 0.6) is 5.75 Å². The Labute approximate surface area is 243 Å². The Hall–Kier alpha value is -3.71. The highest BCUT2D eigenvalue weighted by molar-refractivity contribution is 5.85. The molecular formula is C34H42N2O5. The van der Waals surface area contributed by atoms with Crippen molar-refractivity contribution in [3.63, 3.8) is 0 Å². The number of aromatic nitrogens is 1. The lowest BCUT2D eigenvalue weighted by molar-refractivity contribution is -0.137. The molecule has 0 amide bonds. The van der Waals surface area contributed by atoms with Gasteiger partial charge in [0, 0.05) is 24.7 Å². The van der Waals surface area contributed by atoms with Crippen molar-refractivity contribution in [3.05, 3.63) is 94.3 Å². The molecule has 7 nitrogen and oxygen atoms in total. The van der Waals surface area contributed by atoms with Crippen LogP contribution in [0.15, 0.2) is 60.7 Å². The van der Waals surface area contributed by atoms with Gasteiger partial charge in [-0.1, -0.05) is 69.3 Å². The van der Waals surface area contributed by atoms with E-state index in [2.05, 4.69) is 61.0 Å². The normalized spacial score (nSPS) is 15.0. The fraction of sp³-hybridized carbons (Fsp3) is 0.441. The number of ether oxygens (including phenoxy) is 1. The molecule has 1 heterocycles. The summed E-state index contributed by atoms with van der Waals surface area (Å²) in [6.07, 6.45) is 5.01. The maximum absolute atomic E-state index is 11.5. The molecule has 0 saturated carbocycles. The fourth-order valence-electron chi connectivity index (χ4n) is 5.52. The molecule has 0 bridgehead atoms. The Morgan fingerprint density at radius 2 is 1.73 bits per heavy atom. The molecule has 218 valence electrons. The second kappa shape index (κ2) is 13.8. The van der Waals surface area contributed by atoms with E-state index in [-0.39, 0.29) is 23.6 Å². The van der Waals surface area contributed by atoms with E-state index in [0.29, 0.717) is 13.0 Å².